The molecule has 106 valence electrons. The van der Waals surface area contributed by atoms with Crippen LogP contribution in [0.3, 0.4) is 0 Å². The van der Waals surface area contributed by atoms with Gasteiger partial charge in [-0.25, -0.2) is 4.79 Å². The van der Waals surface area contributed by atoms with Crippen molar-refractivity contribution in [3.63, 3.8) is 0 Å². The molecule has 0 unspecified atom stereocenters. The fraction of sp³-hybridized carbons (Fsp3) is 0.562. The maximum atomic E-state index is 10.6. The Morgan fingerprint density at radius 2 is 1.74 bits per heavy atom. The third-order valence-electron chi connectivity index (χ3n) is 2.59. The SMILES string of the molecule is [2H]c1c([2H])c(C(C)(C)CC(C)(C)C)c([2H])c([2H])c1OCC(=O)O. The van der Waals surface area contributed by atoms with E-state index in [0.717, 1.165) is 0 Å². The molecule has 1 N–H and O–H groups in total. The summed E-state index contributed by atoms with van der Waals surface area (Å²) >= 11 is 0. The van der Waals surface area contributed by atoms with Gasteiger partial charge in [-0.05, 0) is 34.9 Å². The fourth-order valence-corrected chi connectivity index (χ4v) is 2.26. The Kier molecular flexibility index (Phi) is 3.06. The molecule has 0 bridgehead atoms. The summed E-state index contributed by atoms with van der Waals surface area (Å²) in [5.74, 6) is -1.56. The molecule has 0 aromatic heterocycles. The molecule has 1 rings (SSSR count). The number of hydrogen-bond donors (Lipinski definition) is 1. The molecular weight excluding hydrogens is 240 g/mol. The molecule has 0 aliphatic carbocycles. The van der Waals surface area contributed by atoms with Gasteiger partial charge in [-0.1, -0.05) is 46.7 Å². The summed E-state index contributed by atoms with van der Waals surface area (Å²) in [6.45, 7) is 9.22. The lowest BCUT2D eigenvalue weighted by Gasteiger charge is -2.33. The average molecular weight is 268 g/mol. The van der Waals surface area contributed by atoms with Crippen LogP contribution in [0.15, 0.2) is 24.2 Å². The van der Waals surface area contributed by atoms with Gasteiger partial charge in [0, 0.05) is 0 Å². The highest BCUT2D eigenvalue weighted by Crippen LogP contribution is 2.36. The third-order valence-corrected chi connectivity index (χ3v) is 2.59. The van der Waals surface area contributed by atoms with Gasteiger partial charge in [0.05, 0.1) is 5.48 Å². The molecule has 0 saturated carbocycles. The number of benzene rings is 1. The van der Waals surface area contributed by atoms with Crippen LogP contribution >= 0.6 is 0 Å². The van der Waals surface area contributed by atoms with E-state index in [4.69, 9.17) is 15.3 Å². The van der Waals surface area contributed by atoms with Crippen molar-refractivity contribution in [3.05, 3.63) is 29.7 Å². The van der Waals surface area contributed by atoms with Crippen molar-refractivity contribution in [2.24, 2.45) is 5.41 Å². The molecule has 1 aromatic carbocycles. The number of ether oxygens (including phenoxy) is 1. The summed E-state index contributed by atoms with van der Waals surface area (Å²) in [7, 11) is 0. The standard InChI is InChI=1S/C16H24O3/c1-15(2,3)11-16(4,5)12-6-8-13(9-7-12)19-10-14(17)18/h6-9H,10-11H2,1-5H3,(H,17,18)/i6D,7D,8D,9D. The van der Waals surface area contributed by atoms with Gasteiger partial charge in [0.2, 0.25) is 0 Å². The van der Waals surface area contributed by atoms with Crippen molar-refractivity contribution in [3.8, 4) is 5.75 Å². The fourth-order valence-electron chi connectivity index (χ4n) is 2.26. The van der Waals surface area contributed by atoms with Gasteiger partial charge in [0.1, 0.15) is 5.75 Å². The molecule has 3 nitrogen and oxygen atoms in total. The molecule has 1 aromatic rings. The summed E-state index contributed by atoms with van der Waals surface area (Å²) in [6, 6.07) is -1.05. The Morgan fingerprint density at radius 3 is 2.16 bits per heavy atom. The minimum atomic E-state index is -1.24. The second kappa shape index (κ2) is 5.64. The molecule has 0 fully saturated rings. The molecule has 0 spiro atoms. The van der Waals surface area contributed by atoms with E-state index in [2.05, 4.69) is 20.8 Å². The molecule has 3 heteroatoms. The summed E-state index contributed by atoms with van der Waals surface area (Å²) in [6.07, 6.45) is 0.673. The third kappa shape index (κ3) is 5.33. The average Bonchev–Trinajstić information content (AvgIpc) is 2.33. The number of carboxylic acids is 1. The normalized spacial score (nSPS) is 15.2. The molecule has 19 heavy (non-hydrogen) atoms. The van der Waals surface area contributed by atoms with Crippen LogP contribution < -0.4 is 4.74 Å². The number of carbonyl (C=O) groups is 1. The lowest BCUT2D eigenvalue weighted by molar-refractivity contribution is -0.139. The van der Waals surface area contributed by atoms with Gasteiger partial charge in [-0.2, -0.15) is 0 Å². The smallest absolute Gasteiger partial charge is 0.341 e. The maximum Gasteiger partial charge on any atom is 0.341 e. The lowest BCUT2D eigenvalue weighted by Crippen LogP contribution is -2.24. The van der Waals surface area contributed by atoms with Crippen molar-refractivity contribution >= 4 is 5.97 Å². The zero-order valence-electron chi connectivity index (χ0n) is 16.2. The monoisotopic (exact) mass is 268 g/mol. The quantitative estimate of drug-likeness (QED) is 0.882. The minimum Gasteiger partial charge on any atom is -0.482 e. The van der Waals surface area contributed by atoms with Crippen LogP contribution in [-0.2, 0) is 10.2 Å². The first-order valence-corrected chi connectivity index (χ1v) is 6.23. The molecular formula is C16H24O3. The molecule has 0 atom stereocenters. The van der Waals surface area contributed by atoms with Gasteiger partial charge in [-0.15, -0.1) is 0 Å². The van der Waals surface area contributed by atoms with Gasteiger partial charge in [-0.3, -0.25) is 0 Å². The zero-order chi connectivity index (χ0) is 18.2. The molecule has 0 heterocycles. The van der Waals surface area contributed by atoms with Crippen LogP contribution in [0, 0.1) is 5.41 Å². The Hall–Kier alpha value is -1.51. The first-order chi connectivity index (χ1) is 10.3. The van der Waals surface area contributed by atoms with Crippen molar-refractivity contribution in [2.45, 2.75) is 46.5 Å². The van der Waals surface area contributed by atoms with E-state index in [1.807, 2.05) is 13.8 Å². The van der Waals surface area contributed by atoms with Crippen LogP contribution in [0.25, 0.3) is 0 Å². The molecule has 0 amide bonds. The molecule has 0 aliphatic rings. The summed E-state index contributed by atoms with van der Waals surface area (Å²) in [5, 5.41) is 8.67. The maximum absolute atomic E-state index is 10.6. The molecule has 0 saturated heterocycles. The van der Waals surface area contributed by atoms with Gasteiger partial charge in [0.25, 0.3) is 0 Å². The van der Waals surface area contributed by atoms with E-state index < -0.39 is 18.0 Å². The van der Waals surface area contributed by atoms with Crippen LogP contribution in [0.1, 0.15) is 52.1 Å². The van der Waals surface area contributed by atoms with Crippen molar-refractivity contribution < 1.29 is 20.1 Å². The minimum absolute atomic E-state index is 0.0504. The van der Waals surface area contributed by atoms with E-state index in [-0.39, 0.29) is 35.3 Å². The Balaban J connectivity index is 3.45. The summed E-state index contributed by atoms with van der Waals surface area (Å²) < 4.78 is 37.4. The number of hydrogen-bond acceptors (Lipinski definition) is 2. The number of rotatable bonds is 5. The van der Waals surface area contributed by atoms with Crippen LogP contribution in [-0.4, -0.2) is 17.7 Å². The summed E-state index contributed by atoms with van der Waals surface area (Å²) in [4.78, 5) is 10.6. The number of aliphatic carboxylic acids is 1. The highest BCUT2D eigenvalue weighted by atomic mass is 16.5. The van der Waals surface area contributed by atoms with E-state index in [1.165, 1.54) is 0 Å². The van der Waals surface area contributed by atoms with E-state index in [9.17, 15) is 4.79 Å². The van der Waals surface area contributed by atoms with E-state index in [1.54, 1.807) is 0 Å². The Morgan fingerprint density at radius 1 is 1.21 bits per heavy atom. The largest absolute Gasteiger partial charge is 0.482 e. The highest BCUT2D eigenvalue weighted by molar-refractivity contribution is 5.68. The zero-order valence-corrected chi connectivity index (χ0v) is 12.2. The van der Waals surface area contributed by atoms with Crippen LogP contribution in [0.2, 0.25) is 0 Å². The van der Waals surface area contributed by atoms with Crippen LogP contribution in [0.5, 0.6) is 5.75 Å². The van der Waals surface area contributed by atoms with Crippen LogP contribution in [0.4, 0.5) is 0 Å². The van der Waals surface area contributed by atoms with Gasteiger partial charge >= 0.3 is 5.97 Å². The van der Waals surface area contributed by atoms with E-state index >= 15 is 0 Å². The van der Waals surface area contributed by atoms with Crippen molar-refractivity contribution in [2.75, 3.05) is 6.61 Å². The second-order valence-corrected chi connectivity index (χ2v) is 6.51. The second-order valence-electron chi connectivity index (χ2n) is 6.51. The first-order valence-electron chi connectivity index (χ1n) is 8.23. The predicted molar refractivity (Wildman–Crippen MR) is 76.7 cm³/mol. The van der Waals surface area contributed by atoms with Gasteiger partial charge in [0.15, 0.2) is 6.61 Å². The van der Waals surface area contributed by atoms with E-state index in [0.29, 0.717) is 12.0 Å². The Bertz CT molecular complexity index is 590. The Labute approximate surface area is 121 Å². The molecule has 0 radical (unpaired) electrons. The first kappa shape index (κ1) is 10.3. The summed E-state index contributed by atoms with van der Waals surface area (Å²) in [5.41, 5.74) is -0.292. The van der Waals surface area contributed by atoms with Crippen molar-refractivity contribution in [1.82, 2.24) is 0 Å². The highest BCUT2D eigenvalue weighted by Gasteiger charge is 2.27. The lowest BCUT2D eigenvalue weighted by atomic mass is 9.72. The topological polar surface area (TPSA) is 46.5 Å². The molecule has 0 aliphatic heterocycles. The number of carboxylic acid groups (broad SMARTS) is 1. The predicted octanol–water partition coefficient (Wildman–Crippen LogP) is 3.86. The van der Waals surface area contributed by atoms with Gasteiger partial charge < -0.3 is 9.84 Å². The van der Waals surface area contributed by atoms with Crippen molar-refractivity contribution in [1.29, 1.82) is 0 Å².